The third-order valence-electron chi connectivity index (χ3n) is 2.48. The summed E-state index contributed by atoms with van der Waals surface area (Å²) in [6.07, 6.45) is 1.88. The van der Waals surface area contributed by atoms with Crippen LogP contribution in [0.1, 0.15) is 19.4 Å². The number of halogens is 1. The van der Waals surface area contributed by atoms with E-state index in [4.69, 9.17) is 0 Å². The molecule has 0 aromatic heterocycles. The highest BCUT2D eigenvalue weighted by Gasteiger charge is 2.13. The van der Waals surface area contributed by atoms with Crippen molar-refractivity contribution < 1.29 is 5.11 Å². The highest BCUT2D eigenvalue weighted by atomic mass is 79.9. The summed E-state index contributed by atoms with van der Waals surface area (Å²) < 4.78 is 1.02. The number of anilines is 1. The minimum Gasteiger partial charge on any atom is -0.392 e. The topological polar surface area (TPSA) is 23.5 Å². The fourth-order valence-corrected chi connectivity index (χ4v) is 2.01. The van der Waals surface area contributed by atoms with Gasteiger partial charge >= 0.3 is 0 Å². The lowest BCUT2D eigenvalue weighted by Crippen LogP contribution is -2.31. The predicted molar refractivity (Wildman–Crippen MR) is 72.7 cm³/mol. The van der Waals surface area contributed by atoms with Crippen molar-refractivity contribution in [1.82, 2.24) is 0 Å². The average molecular weight is 284 g/mol. The third-order valence-corrected chi connectivity index (χ3v) is 2.97. The smallest absolute Gasteiger partial charge is 0.0702 e. The van der Waals surface area contributed by atoms with Gasteiger partial charge in [-0.2, -0.15) is 0 Å². The van der Waals surface area contributed by atoms with E-state index in [-0.39, 0.29) is 6.61 Å². The monoisotopic (exact) mass is 283 g/mol. The summed E-state index contributed by atoms with van der Waals surface area (Å²) in [7, 11) is 0. The first kappa shape index (κ1) is 13.3. The summed E-state index contributed by atoms with van der Waals surface area (Å²) in [4.78, 5) is 2.21. The number of benzene rings is 1. The van der Waals surface area contributed by atoms with E-state index in [1.165, 1.54) is 0 Å². The molecule has 1 aromatic rings. The van der Waals surface area contributed by atoms with Crippen molar-refractivity contribution in [2.45, 2.75) is 26.5 Å². The van der Waals surface area contributed by atoms with E-state index >= 15 is 0 Å². The van der Waals surface area contributed by atoms with Gasteiger partial charge in [-0.3, -0.25) is 0 Å². The van der Waals surface area contributed by atoms with Crippen LogP contribution in [0.5, 0.6) is 0 Å². The largest absolute Gasteiger partial charge is 0.392 e. The Labute approximate surface area is 106 Å². The van der Waals surface area contributed by atoms with Gasteiger partial charge in [-0.05, 0) is 26.0 Å². The summed E-state index contributed by atoms with van der Waals surface area (Å²) in [6, 6.07) is 6.30. The molecule has 0 unspecified atom stereocenters. The second kappa shape index (κ2) is 6.06. The fraction of sp³-hybridized carbons (Fsp3) is 0.385. The maximum Gasteiger partial charge on any atom is 0.0702 e. The van der Waals surface area contributed by atoms with Gasteiger partial charge in [0.2, 0.25) is 0 Å². The SMILES string of the molecule is C=CCN(c1cc(Br)ccc1CO)C(C)C. The van der Waals surface area contributed by atoms with Crippen molar-refractivity contribution in [2.24, 2.45) is 0 Å². The molecule has 0 aliphatic carbocycles. The normalized spacial score (nSPS) is 10.6. The molecule has 0 heterocycles. The lowest BCUT2D eigenvalue weighted by Gasteiger charge is -2.29. The summed E-state index contributed by atoms with van der Waals surface area (Å²) in [5.74, 6) is 0. The van der Waals surface area contributed by atoms with Crippen LogP contribution in [0.3, 0.4) is 0 Å². The molecule has 0 spiro atoms. The molecular formula is C13H18BrNO. The average Bonchev–Trinajstić information content (AvgIpc) is 2.25. The minimum absolute atomic E-state index is 0.0585. The molecule has 1 N–H and O–H groups in total. The van der Waals surface area contributed by atoms with E-state index in [1.807, 2.05) is 24.3 Å². The van der Waals surface area contributed by atoms with Crippen LogP contribution in [0.4, 0.5) is 5.69 Å². The van der Waals surface area contributed by atoms with Crippen molar-refractivity contribution in [3.05, 3.63) is 40.9 Å². The second-order valence-electron chi connectivity index (χ2n) is 3.97. The van der Waals surface area contributed by atoms with E-state index in [0.29, 0.717) is 6.04 Å². The second-order valence-corrected chi connectivity index (χ2v) is 4.88. The molecule has 0 atom stereocenters. The van der Waals surface area contributed by atoms with Gasteiger partial charge < -0.3 is 10.0 Å². The first-order chi connectivity index (χ1) is 7.60. The highest BCUT2D eigenvalue weighted by molar-refractivity contribution is 9.10. The zero-order valence-corrected chi connectivity index (χ0v) is 11.4. The number of aliphatic hydroxyl groups excluding tert-OH is 1. The maximum absolute atomic E-state index is 9.34. The van der Waals surface area contributed by atoms with E-state index in [2.05, 4.69) is 41.3 Å². The molecule has 0 bridgehead atoms. The number of aliphatic hydroxyl groups is 1. The van der Waals surface area contributed by atoms with Gasteiger partial charge in [-0.25, -0.2) is 0 Å². The predicted octanol–water partition coefficient (Wildman–Crippen LogP) is 3.34. The lowest BCUT2D eigenvalue weighted by atomic mass is 10.1. The van der Waals surface area contributed by atoms with Crippen molar-refractivity contribution in [3.8, 4) is 0 Å². The van der Waals surface area contributed by atoms with Crippen LogP contribution in [-0.4, -0.2) is 17.7 Å². The molecule has 1 aromatic carbocycles. The molecule has 0 fully saturated rings. The molecule has 0 saturated heterocycles. The Morgan fingerprint density at radius 1 is 1.50 bits per heavy atom. The lowest BCUT2D eigenvalue weighted by molar-refractivity contribution is 0.282. The summed E-state index contributed by atoms with van der Waals surface area (Å²) >= 11 is 3.46. The van der Waals surface area contributed by atoms with E-state index in [0.717, 1.165) is 22.3 Å². The summed E-state index contributed by atoms with van der Waals surface area (Å²) in [6.45, 7) is 8.87. The molecule has 0 radical (unpaired) electrons. The molecule has 0 aliphatic rings. The Kier molecular flexibility index (Phi) is 5.03. The van der Waals surface area contributed by atoms with Crippen LogP contribution in [0, 0.1) is 0 Å². The van der Waals surface area contributed by atoms with Crippen LogP contribution >= 0.6 is 15.9 Å². The van der Waals surface area contributed by atoms with Gasteiger partial charge in [-0.1, -0.05) is 28.1 Å². The molecule has 0 amide bonds. The van der Waals surface area contributed by atoms with Crippen molar-refractivity contribution in [1.29, 1.82) is 0 Å². The minimum atomic E-state index is 0.0585. The van der Waals surface area contributed by atoms with Gasteiger partial charge in [0.05, 0.1) is 6.61 Å². The maximum atomic E-state index is 9.34. The quantitative estimate of drug-likeness (QED) is 0.838. The number of rotatable bonds is 5. The van der Waals surface area contributed by atoms with E-state index in [1.54, 1.807) is 0 Å². The summed E-state index contributed by atoms with van der Waals surface area (Å²) in [5, 5.41) is 9.34. The molecule has 3 heteroatoms. The Bertz CT molecular complexity index is 363. The highest BCUT2D eigenvalue weighted by Crippen LogP contribution is 2.26. The molecule has 0 saturated carbocycles. The van der Waals surface area contributed by atoms with Crippen LogP contribution in [0.25, 0.3) is 0 Å². The van der Waals surface area contributed by atoms with Crippen LogP contribution in [0.2, 0.25) is 0 Å². The number of hydrogen-bond donors (Lipinski definition) is 1. The molecular weight excluding hydrogens is 266 g/mol. The Morgan fingerprint density at radius 2 is 2.19 bits per heavy atom. The van der Waals surface area contributed by atoms with Crippen LogP contribution in [-0.2, 0) is 6.61 Å². The standard InChI is InChI=1S/C13H18BrNO/c1-4-7-15(10(2)3)13-8-12(14)6-5-11(13)9-16/h4-6,8,10,16H,1,7,9H2,2-3H3. The Morgan fingerprint density at radius 3 is 2.69 bits per heavy atom. The first-order valence-electron chi connectivity index (χ1n) is 5.37. The van der Waals surface area contributed by atoms with Gasteiger partial charge in [-0.15, -0.1) is 6.58 Å². The Hall–Kier alpha value is -0.800. The molecule has 1 rings (SSSR count). The van der Waals surface area contributed by atoms with E-state index < -0.39 is 0 Å². The van der Waals surface area contributed by atoms with Crippen LogP contribution < -0.4 is 4.90 Å². The van der Waals surface area contributed by atoms with Crippen molar-refractivity contribution in [3.63, 3.8) is 0 Å². The van der Waals surface area contributed by atoms with Crippen molar-refractivity contribution >= 4 is 21.6 Å². The molecule has 2 nitrogen and oxygen atoms in total. The molecule has 16 heavy (non-hydrogen) atoms. The molecule has 0 aliphatic heterocycles. The zero-order valence-electron chi connectivity index (χ0n) is 9.78. The number of nitrogens with zero attached hydrogens (tertiary/aromatic N) is 1. The first-order valence-corrected chi connectivity index (χ1v) is 6.16. The number of hydrogen-bond acceptors (Lipinski definition) is 2. The fourth-order valence-electron chi connectivity index (χ4n) is 1.66. The van der Waals surface area contributed by atoms with Crippen molar-refractivity contribution in [2.75, 3.05) is 11.4 Å². The third kappa shape index (κ3) is 3.09. The van der Waals surface area contributed by atoms with Gasteiger partial charge in [0.15, 0.2) is 0 Å². The van der Waals surface area contributed by atoms with Crippen LogP contribution in [0.15, 0.2) is 35.3 Å². The Balaban J connectivity index is 3.15. The zero-order chi connectivity index (χ0) is 12.1. The van der Waals surface area contributed by atoms with Gasteiger partial charge in [0.25, 0.3) is 0 Å². The van der Waals surface area contributed by atoms with E-state index in [9.17, 15) is 5.11 Å². The molecule has 88 valence electrons. The van der Waals surface area contributed by atoms with Gasteiger partial charge in [0, 0.05) is 28.3 Å². The summed E-state index contributed by atoms with van der Waals surface area (Å²) in [5.41, 5.74) is 2.01. The van der Waals surface area contributed by atoms with Gasteiger partial charge in [0.1, 0.15) is 0 Å².